The molecule has 1 N–H and O–H groups in total. The minimum atomic E-state index is -0.589. The Balaban J connectivity index is 1.81. The van der Waals surface area contributed by atoms with Crippen LogP contribution in [0.2, 0.25) is 0 Å². The van der Waals surface area contributed by atoms with Gasteiger partial charge in [0.15, 0.2) is 0 Å². The zero-order valence-electron chi connectivity index (χ0n) is 10.0. The van der Waals surface area contributed by atoms with Crippen molar-refractivity contribution in [3.63, 3.8) is 0 Å². The first-order valence-corrected chi connectivity index (χ1v) is 6.74. The van der Waals surface area contributed by atoms with Gasteiger partial charge in [-0.25, -0.2) is 0 Å². The molecule has 0 atom stereocenters. The van der Waals surface area contributed by atoms with Crippen LogP contribution in [-0.2, 0) is 4.79 Å². The van der Waals surface area contributed by atoms with Crippen LogP contribution in [0.5, 0.6) is 0 Å². The fourth-order valence-corrected chi connectivity index (χ4v) is 3.15. The molecular formula is C13H23NO2. The third-order valence-electron chi connectivity index (χ3n) is 4.20. The molecule has 3 heteroatoms. The van der Waals surface area contributed by atoms with Gasteiger partial charge in [-0.1, -0.05) is 12.8 Å². The quantitative estimate of drug-likeness (QED) is 0.785. The fourth-order valence-electron chi connectivity index (χ4n) is 3.15. The van der Waals surface area contributed by atoms with Crippen LogP contribution < -0.4 is 0 Å². The topological polar surface area (TPSA) is 40.5 Å². The number of carboxylic acids is 1. The smallest absolute Gasteiger partial charge is 0.306 e. The van der Waals surface area contributed by atoms with Gasteiger partial charge >= 0.3 is 5.97 Å². The third-order valence-corrected chi connectivity index (χ3v) is 4.20. The van der Waals surface area contributed by atoms with E-state index < -0.39 is 5.97 Å². The molecule has 0 aromatic heterocycles. The van der Waals surface area contributed by atoms with E-state index in [-0.39, 0.29) is 5.92 Å². The second kappa shape index (κ2) is 5.67. The Labute approximate surface area is 97.8 Å². The fraction of sp³-hybridized carbons (Fsp3) is 0.923. The van der Waals surface area contributed by atoms with Crippen LogP contribution >= 0.6 is 0 Å². The van der Waals surface area contributed by atoms with E-state index in [9.17, 15) is 4.79 Å². The van der Waals surface area contributed by atoms with Crippen LogP contribution in [0.4, 0.5) is 0 Å². The first-order chi connectivity index (χ1) is 7.77. The molecule has 2 fully saturated rings. The van der Waals surface area contributed by atoms with Crippen LogP contribution in [0.25, 0.3) is 0 Å². The van der Waals surface area contributed by atoms with Gasteiger partial charge < -0.3 is 10.0 Å². The summed E-state index contributed by atoms with van der Waals surface area (Å²) in [6, 6.07) is 0.675. The Morgan fingerprint density at radius 1 is 0.938 bits per heavy atom. The van der Waals surface area contributed by atoms with Crippen molar-refractivity contribution >= 4 is 5.97 Å². The van der Waals surface area contributed by atoms with E-state index in [1.165, 1.54) is 38.8 Å². The highest BCUT2D eigenvalue weighted by molar-refractivity contribution is 5.70. The number of hydrogen-bond donors (Lipinski definition) is 1. The van der Waals surface area contributed by atoms with Crippen molar-refractivity contribution in [2.24, 2.45) is 5.92 Å². The molecule has 0 bridgehead atoms. The molecule has 92 valence electrons. The van der Waals surface area contributed by atoms with Crippen molar-refractivity contribution < 1.29 is 9.90 Å². The van der Waals surface area contributed by atoms with Crippen molar-refractivity contribution in [3.05, 3.63) is 0 Å². The summed E-state index contributed by atoms with van der Waals surface area (Å²) in [4.78, 5) is 13.5. The van der Waals surface area contributed by atoms with Gasteiger partial charge in [0.25, 0.3) is 0 Å². The highest BCUT2D eigenvalue weighted by Gasteiger charge is 2.29. The van der Waals surface area contributed by atoms with Crippen LogP contribution in [-0.4, -0.2) is 35.1 Å². The molecule has 0 aromatic carbocycles. The Hall–Kier alpha value is -0.570. The molecule has 0 aromatic rings. The van der Waals surface area contributed by atoms with Gasteiger partial charge in [0.05, 0.1) is 5.92 Å². The first-order valence-electron chi connectivity index (χ1n) is 6.74. The summed E-state index contributed by atoms with van der Waals surface area (Å²) >= 11 is 0. The predicted octanol–water partition coefficient (Wildman–Crippen LogP) is 2.51. The Morgan fingerprint density at radius 2 is 1.50 bits per heavy atom. The van der Waals surface area contributed by atoms with E-state index in [1.807, 2.05) is 0 Å². The average molecular weight is 225 g/mol. The minimum Gasteiger partial charge on any atom is -0.481 e. The van der Waals surface area contributed by atoms with Crippen LogP contribution in [0.15, 0.2) is 0 Å². The number of nitrogens with zero attached hydrogens (tertiary/aromatic N) is 1. The lowest BCUT2D eigenvalue weighted by Gasteiger charge is -2.35. The molecule has 2 rings (SSSR count). The highest BCUT2D eigenvalue weighted by Crippen LogP contribution is 2.29. The zero-order valence-corrected chi connectivity index (χ0v) is 10.0. The van der Waals surface area contributed by atoms with Gasteiger partial charge in [0.1, 0.15) is 0 Å². The van der Waals surface area contributed by atoms with Crippen LogP contribution in [0, 0.1) is 5.92 Å². The van der Waals surface area contributed by atoms with Crippen molar-refractivity contribution in [2.75, 3.05) is 13.1 Å². The second-order valence-corrected chi connectivity index (χ2v) is 5.29. The number of aliphatic carboxylic acids is 1. The Kier molecular flexibility index (Phi) is 4.22. The van der Waals surface area contributed by atoms with E-state index in [0.717, 1.165) is 25.7 Å². The Morgan fingerprint density at radius 3 is 2.00 bits per heavy atom. The molecule has 2 aliphatic rings. The highest BCUT2D eigenvalue weighted by atomic mass is 16.4. The molecular weight excluding hydrogens is 202 g/mol. The number of rotatable bonds is 2. The summed E-state index contributed by atoms with van der Waals surface area (Å²) in [6.45, 7) is 2.48. The molecule has 1 aliphatic carbocycles. The van der Waals surface area contributed by atoms with Crippen molar-refractivity contribution in [3.8, 4) is 0 Å². The molecule has 1 saturated carbocycles. The number of carbonyl (C=O) groups is 1. The molecule has 0 amide bonds. The lowest BCUT2D eigenvalue weighted by atomic mass is 9.85. The molecule has 0 radical (unpaired) electrons. The summed E-state index contributed by atoms with van der Waals surface area (Å²) in [7, 11) is 0. The summed E-state index contributed by atoms with van der Waals surface area (Å²) in [5.41, 5.74) is 0. The lowest BCUT2D eigenvalue weighted by molar-refractivity contribution is -0.143. The van der Waals surface area contributed by atoms with E-state index in [2.05, 4.69) is 4.90 Å². The second-order valence-electron chi connectivity index (χ2n) is 5.29. The van der Waals surface area contributed by atoms with Gasteiger partial charge in [-0.15, -0.1) is 0 Å². The molecule has 0 spiro atoms. The maximum atomic E-state index is 10.9. The average Bonchev–Trinajstić information content (AvgIpc) is 2.57. The zero-order chi connectivity index (χ0) is 11.4. The van der Waals surface area contributed by atoms with E-state index in [4.69, 9.17) is 5.11 Å². The van der Waals surface area contributed by atoms with Gasteiger partial charge in [0, 0.05) is 6.04 Å². The van der Waals surface area contributed by atoms with Gasteiger partial charge in [0.2, 0.25) is 0 Å². The maximum absolute atomic E-state index is 10.9. The van der Waals surface area contributed by atoms with Gasteiger partial charge in [-0.05, 0) is 51.6 Å². The number of carboxylic acid groups (broad SMARTS) is 1. The van der Waals surface area contributed by atoms with Crippen molar-refractivity contribution in [1.29, 1.82) is 0 Å². The molecule has 0 unspecified atom stereocenters. The number of hydrogen-bond acceptors (Lipinski definition) is 2. The molecule has 1 aliphatic heterocycles. The van der Waals surface area contributed by atoms with Gasteiger partial charge in [-0.3, -0.25) is 4.79 Å². The summed E-state index contributed by atoms with van der Waals surface area (Å²) < 4.78 is 0. The summed E-state index contributed by atoms with van der Waals surface area (Å²) in [5, 5.41) is 8.97. The molecule has 3 nitrogen and oxygen atoms in total. The monoisotopic (exact) mass is 225 g/mol. The van der Waals surface area contributed by atoms with E-state index >= 15 is 0 Å². The Bertz CT molecular complexity index is 226. The van der Waals surface area contributed by atoms with E-state index in [1.54, 1.807) is 0 Å². The molecule has 1 heterocycles. The largest absolute Gasteiger partial charge is 0.481 e. The van der Waals surface area contributed by atoms with Crippen molar-refractivity contribution in [2.45, 2.75) is 57.4 Å². The number of likely N-dealkylation sites (tertiary alicyclic amines) is 1. The predicted molar refractivity (Wildman–Crippen MR) is 63.4 cm³/mol. The maximum Gasteiger partial charge on any atom is 0.306 e. The minimum absolute atomic E-state index is 0.0665. The first kappa shape index (κ1) is 11.9. The van der Waals surface area contributed by atoms with Gasteiger partial charge in [-0.2, -0.15) is 0 Å². The lowest BCUT2D eigenvalue weighted by Crippen LogP contribution is -2.39. The third kappa shape index (κ3) is 2.97. The van der Waals surface area contributed by atoms with E-state index in [0.29, 0.717) is 6.04 Å². The molecule has 16 heavy (non-hydrogen) atoms. The summed E-state index contributed by atoms with van der Waals surface area (Å²) in [6.07, 6.45) is 9.38. The standard InChI is InChI=1S/C13H23NO2/c15-13(16)11-5-7-12(8-6-11)14-9-3-1-2-4-10-14/h11-12H,1-10H2,(H,15,16). The SMILES string of the molecule is O=C(O)C1CCC(N2CCCCCC2)CC1. The van der Waals surface area contributed by atoms with Crippen molar-refractivity contribution in [1.82, 2.24) is 4.90 Å². The summed E-state index contributed by atoms with van der Waals surface area (Å²) in [5.74, 6) is -0.655. The normalized spacial score (nSPS) is 33.2. The van der Waals surface area contributed by atoms with Crippen LogP contribution in [0.3, 0.4) is 0 Å². The van der Waals surface area contributed by atoms with Crippen LogP contribution in [0.1, 0.15) is 51.4 Å². The molecule has 1 saturated heterocycles.